The molecule has 0 saturated carbocycles. The van der Waals surface area contributed by atoms with Crippen molar-refractivity contribution in [3.8, 4) is 11.4 Å². The SMILES string of the molecule is Cc1ccc(C)c(N2CCN(C(=O)C3CCN(c4nc(-c5ccc(C(C)C)cc5)no4)CC3)CC2)c1. The van der Waals surface area contributed by atoms with Gasteiger partial charge in [-0.3, -0.25) is 4.79 Å². The molecule has 0 unspecified atom stereocenters. The zero-order valence-corrected chi connectivity index (χ0v) is 21.9. The van der Waals surface area contributed by atoms with Gasteiger partial charge < -0.3 is 19.2 Å². The van der Waals surface area contributed by atoms with Crippen molar-refractivity contribution in [2.75, 3.05) is 49.1 Å². The minimum Gasteiger partial charge on any atom is -0.368 e. The van der Waals surface area contributed by atoms with Crippen LogP contribution in [0.5, 0.6) is 0 Å². The molecule has 0 atom stereocenters. The monoisotopic (exact) mass is 487 g/mol. The summed E-state index contributed by atoms with van der Waals surface area (Å²) in [5.74, 6) is 1.47. The summed E-state index contributed by atoms with van der Waals surface area (Å²) in [7, 11) is 0. The molecule has 2 aliphatic heterocycles. The van der Waals surface area contributed by atoms with Gasteiger partial charge in [-0.25, -0.2) is 0 Å². The number of amides is 1. The van der Waals surface area contributed by atoms with E-state index in [0.29, 0.717) is 23.7 Å². The van der Waals surface area contributed by atoms with Crippen molar-refractivity contribution in [3.05, 3.63) is 59.2 Å². The molecule has 2 saturated heterocycles. The number of piperidine rings is 1. The maximum Gasteiger partial charge on any atom is 0.324 e. The third-order valence-electron chi connectivity index (χ3n) is 7.66. The largest absolute Gasteiger partial charge is 0.368 e. The number of carbonyl (C=O) groups is 1. The molecule has 0 aliphatic carbocycles. The first-order chi connectivity index (χ1) is 17.4. The van der Waals surface area contributed by atoms with Gasteiger partial charge in [0.15, 0.2) is 0 Å². The Morgan fingerprint density at radius 1 is 0.917 bits per heavy atom. The van der Waals surface area contributed by atoms with E-state index in [2.05, 4.69) is 95.0 Å². The van der Waals surface area contributed by atoms with Crippen LogP contribution >= 0.6 is 0 Å². The van der Waals surface area contributed by atoms with Gasteiger partial charge in [0.05, 0.1) is 0 Å². The van der Waals surface area contributed by atoms with Crippen LogP contribution in [0.4, 0.5) is 11.7 Å². The van der Waals surface area contributed by atoms with E-state index in [1.807, 2.05) is 0 Å². The molecule has 0 bridgehead atoms. The first-order valence-electron chi connectivity index (χ1n) is 13.2. The number of nitrogens with zero attached hydrogens (tertiary/aromatic N) is 5. The molecule has 2 aromatic carbocycles. The quantitative estimate of drug-likeness (QED) is 0.502. The predicted octanol–water partition coefficient (Wildman–Crippen LogP) is 5.04. The Kier molecular flexibility index (Phi) is 6.99. The van der Waals surface area contributed by atoms with Crippen molar-refractivity contribution in [3.63, 3.8) is 0 Å². The normalized spacial score (nSPS) is 17.2. The Hall–Kier alpha value is -3.35. The molecule has 0 spiro atoms. The van der Waals surface area contributed by atoms with Crippen LogP contribution in [0.1, 0.15) is 49.3 Å². The summed E-state index contributed by atoms with van der Waals surface area (Å²) in [6.45, 7) is 13.5. The standard InChI is InChI=1S/C29H37N5O2/c1-20(2)23-7-9-24(10-8-23)27-30-29(36-31-27)34-13-11-25(12-14-34)28(35)33-17-15-32(16-18-33)26-19-21(3)5-6-22(26)4/h5-10,19-20,25H,11-18H2,1-4H3. The molecule has 1 amide bonds. The third-order valence-corrected chi connectivity index (χ3v) is 7.66. The lowest BCUT2D eigenvalue weighted by atomic mass is 9.95. The molecule has 0 N–H and O–H groups in total. The highest BCUT2D eigenvalue weighted by atomic mass is 16.5. The van der Waals surface area contributed by atoms with Gasteiger partial charge in [0, 0.05) is 56.4 Å². The fraction of sp³-hybridized carbons (Fsp3) is 0.483. The minimum absolute atomic E-state index is 0.0690. The van der Waals surface area contributed by atoms with Gasteiger partial charge in [0.1, 0.15) is 0 Å². The summed E-state index contributed by atoms with van der Waals surface area (Å²) in [5, 5.41) is 4.20. The summed E-state index contributed by atoms with van der Waals surface area (Å²) in [6.07, 6.45) is 1.63. The molecular formula is C29H37N5O2. The lowest BCUT2D eigenvalue weighted by Crippen LogP contribution is -2.51. The number of anilines is 2. The molecule has 7 nitrogen and oxygen atoms in total. The fourth-order valence-electron chi connectivity index (χ4n) is 5.28. The Morgan fingerprint density at radius 3 is 2.28 bits per heavy atom. The van der Waals surface area contributed by atoms with Crippen molar-refractivity contribution >= 4 is 17.6 Å². The number of aryl methyl sites for hydroxylation is 2. The summed E-state index contributed by atoms with van der Waals surface area (Å²) in [5.41, 5.74) is 6.12. The second-order valence-corrected chi connectivity index (χ2v) is 10.5. The smallest absolute Gasteiger partial charge is 0.324 e. The second kappa shape index (κ2) is 10.3. The molecule has 5 rings (SSSR count). The molecule has 0 radical (unpaired) electrons. The average Bonchev–Trinajstić information content (AvgIpc) is 3.40. The van der Waals surface area contributed by atoms with Crippen LogP contribution in [0.25, 0.3) is 11.4 Å². The van der Waals surface area contributed by atoms with Crippen molar-refractivity contribution < 1.29 is 9.32 Å². The zero-order chi connectivity index (χ0) is 25.2. The van der Waals surface area contributed by atoms with Crippen LogP contribution in [0.15, 0.2) is 47.0 Å². The van der Waals surface area contributed by atoms with E-state index < -0.39 is 0 Å². The first-order valence-corrected chi connectivity index (χ1v) is 13.2. The Balaban J connectivity index is 1.13. The second-order valence-electron chi connectivity index (χ2n) is 10.5. The third kappa shape index (κ3) is 5.11. The first kappa shape index (κ1) is 24.3. The summed E-state index contributed by atoms with van der Waals surface area (Å²) in [4.78, 5) is 24.5. The zero-order valence-electron chi connectivity index (χ0n) is 21.9. The van der Waals surface area contributed by atoms with Crippen molar-refractivity contribution in [2.45, 2.75) is 46.5 Å². The summed E-state index contributed by atoms with van der Waals surface area (Å²) >= 11 is 0. The Labute approximate surface area is 214 Å². The predicted molar refractivity (Wildman–Crippen MR) is 143 cm³/mol. The molecule has 190 valence electrons. The lowest BCUT2D eigenvalue weighted by Gasteiger charge is -2.39. The fourth-order valence-corrected chi connectivity index (χ4v) is 5.28. The Bertz CT molecular complexity index is 1190. The highest BCUT2D eigenvalue weighted by Crippen LogP contribution is 2.28. The van der Waals surface area contributed by atoms with Gasteiger partial charge in [-0.2, -0.15) is 4.98 Å². The molecule has 3 aromatic rings. The number of hydrogen-bond donors (Lipinski definition) is 0. The van der Waals surface area contributed by atoms with Crippen LogP contribution in [-0.2, 0) is 4.79 Å². The van der Waals surface area contributed by atoms with Gasteiger partial charge >= 0.3 is 6.01 Å². The van der Waals surface area contributed by atoms with E-state index in [-0.39, 0.29) is 5.92 Å². The van der Waals surface area contributed by atoms with Crippen molar-refractivity contribution in [1.82, 2.24) is 15.0 Å². The van der Waals surface area contributed by atoms with Crippen LogP contribution < -0.4 is 9.80 Å². The average molecular weight is 488 g/mol. The molecule has 2 aliphatic rings. The van der Waals surface area contributed by atoms with Gasteiger partial charge in [0.2, 0.25) is 11.7 Å². The van der Waals surface area contributed by atoms with E-state index in [1.165, 1.54) is 22.4 Å². The summed E-state index contributed by atoms with van der Waals surface area (Å²) in [6, 6.07) is 15.5. The molecule has 2 fully saturated rings. The van der Waals surface area contributed by atoms with E-state index >= 15 is 0 Å². The van der Waals surface area contributed by atoms with E-state index in [1.54, 1.807) is 0 Å². The topological polar surface area (TPSA) is 65.7 Å². The maximum atomic E-state index is 13.3. The number of rotatable bonds is 5. The van der Waals surface area contributed by atoms with Crippen LogP contribution in [0.2, 0.25) is 0 Å². The minimum atomic E-state index is 0.0690. The van der Waals surface area contributed by atoms with E-state index in [4.69, 9.17) is 4.52 Å². The van der Waals surface area contributed by atoms with Gasteiger partial charge in [0.25, 0.3) is 0 Å². The van der Waals surface area contributed by atoms with E-state index in [9.17, 15) is 4.79 Å². The number of carbonyl (C=O) groups excluding carboxylic acids is 1. The molecular weight excluding hydrogens is 450 g/mol. The van der Waals surface area contributed by atoms with Gasteiger partial charge in [-0.1, -0.05) is 55.4 Å². The summed E-state index contributed by atoms with van der Waals surface area (Å²) < 4.78 is 5.58. The van der Waals surface area contributed by atoms with E-state index in [0.717, 1.165) is 57.7 Å². The van der Waals surface area contributed by atoms with Crippen molar-refractivity contribution in [2.24, 2.45) is 5.92 Å². The molecule has 36 heavy (non-hydrogen) atoms. The highest BCUT2D eigenvalue weighted by molar-refractivity contribution is 5.79. The Morgan fingerprint density at radius 2 is 1.61 bits per heavy atom. The number of aromatic nitrogens is 2. The highest BCUT2D eigenvalue weighted by Gasteiger charge is 2.32. The maximum absolute atomic E-state index is 13.3. The number of benzene rings is 2. The van der Waals surface area contributed by atoms with Crippen LogP contribution in [0, 0.1) is 19.8 Å². The molecule has 3 heterocycles. The van der Waals surface area contributed by atoms with Gasteiger partial charge in [-0.05, 0) is 55.4 Å². The van der Waals surface area contributed by atoms with Crippen molar-refractivity contribution in [1.29, 1.82) is 0 Å². The number of piperazine rings is 1. The van der Waals surface area contributed by atoms with Gasteiger partial charge in [-0.15, -0.1) is 0 Å². The molecule has 1 aromatic heterocycles. The number of hydrogen-bond acceptors (Lipinski definition) is 6. The molecule has 7 heteroatoms. The lowest BCUT2D eigenvalue weighted by molar-refractivity contribution is -0.136. The van der Waals surface area contributed by atoms with Crippen LogP contribution in [-0.4, -0.2) is 60.2 Å². The van der Waals surface area contributed by atoms with Crippen LogP contribution in [0.3, 0.4) is 0 Å².